The number of hydrogen-bond donors (Lipinski definition) is 1. The van der Waals surface area contributed by atoms with Crippen molar-refractivity contribution in [3.05, 3.63) is 42.4 Å². The molecule has 2 N–H and O–H groups in total. The summed E-state index contributed by atoms with van der Waals surface area (Å²) >= 11 is 0. The number of aromatic nitrogens is 2. The van der Waals surface area contributed by atoms with Gasteiger partial charge in [0.25, 0.3) is 0 Å². The summed E-state index contributed by atoms with van der Waals surface area (Å²) in [6.45, 7) is 0. The second-order valence-corrected chi connectivity index (χ2v) is 3.39. The van der Waals surface area contributed by atoms with Crippen molar-refractivity contribution in [3.8, 4) is 11.1 Å². The molecule has 0 unspecified atom stereocenters. The molecular weight excluding hydrogens is 231 g/mol. The van der Waals surface area contributed by atoms with E-state index in [4.69, 9.17) is 5.73 Å². The first kappa shape index (κ1) is 11.4. The highest BCUT2D eigenvalue weighted by atomic mass is 19.4. The highest BCUT2D eigenvalue weighted by molar-refractivity contribution is 5.73. The molecule has 3 nitrogen and oxygen atoms in total. The minimum atomic E-state index is -4.43. The lowest BCUT2D eigenvalue weighted by molar-refractivity contribution is -0.137. The lowest BCUT2D eigenvalue weighted by Crippen LogP contribution is -2.07. The standard InChI is InChI=1S/C11H8F3N3/c12-11(13,14)8-5-9(10(15)17-6-8)7-1-3-16-4-2-7/h1-6H,(H2,15,17). The summed E-state index contributed by atoms with van der Waals surface area (Å²) in [7, 11) is 0. The summed E-state index contributed by atoms with van der Waals surface area (Å²) in [5, 5.41) is 0. The number of alkyl halides is 3. The van der Waals surface area contributed by atoms with E-state index in [0.717, 1.165) is 12.3 Å². The molecular formula is C11H8F3N3. The van der Waals surface area contributed by atoms with Crippen LogP contribution in [0.1, 0.15) is 5.56 Å². The summed E-state index contributed by atoms with van der Waals surface area (Å²) in [5.74, 6) is 0.0594. The van der Waals surface area contributed by atoms with Gasteiger partial charge in [-0.3, -0.25) is 4.98 Å². The lowest BCUT2D eigenvalue weighted by atomic mass is 10.1. The van der Waals surface area contributed by atoms with Crippen LogP contribution >= 0.6 is 0 Å². The Labute approximate surface area is 95.1 Å². The van der Waals surface area contributed by atoms with E-state index in [1.54, 1.807) is 12.1 Å². The Bertz CT molecular complexity index is 523. The molecule has 0 aliphatic heterocycles. The third-order valence-corrected chi connectivity index (χ3v) is 2.24. The van der Waals surface area contributed by atoms with Crippen LogP contribution in [0.15, 0.2) is 36.8 Å². The molecule has 0 aliphatic rings. The third kappa shape index (κ3) is 2.35. The molecule has 2 aromatic rings. The van der Waals surface area contributed by atoms with Crippen molar-refractivity contribution in [2.24, 2.45) is 0 Å². The van der Waals surface area contributed by atoms with Crippen molar-refractivity contribution in [2.75, 3.05) is 5.73 Å². The van der Waals surface area contributed by atoms with Crippen LogP contribution in [0, 0.1) is 0 Å². The molecule has 88 valence electrons. The van der Waals surface area contributed by atoms with Gasteiger partial charge in [-0.15, -0.1) is 0 Å². The molecule has 0 aromatic carbocycles. The zero-order valence-electron chi connectivity index (χ0n) is 8.57. The van der Waals surface area contributed by atoms with Crippen molar-refractivity contribution in [1.82, 2.24) is 9.97 Å². The van der Waals surface area contributed by atoms with Crippen LogP contribution in [0.25, 0.3) is 11.1 Å². The molecule has 0 saturated heterocycles. The van der Waals surface area contributed by atoms with Gasteiger partial charge in [0.15, 0.2) is 0 Å². The third-order valence-electron chi connectivity index (χ3n) is 2.24. The summed E-state index contributed by atoms with van der Waals surface area (Å²) in [5.41, 5.74) is 5.55. The summed E-state index contributed by atoms with van der Waals surface area (Å²) in [6, 6.07) is 4.14. The van der Waals surface area contributed by atoms with Crippen molar-refractivity contribution < 1.29 is 13.2 Å². The number of nitrogens with two attached hydrogens (primary N) is 1. The predicted molar refractivity (Wildman–Crippen MR) is 56.9 cm³/mol. The predicted octanol–water partition coefficient (Wildman–Crippen LogP) is 2.74. The molecule has 2 aromatic heterocycles. The molecule has 6 heteroatoms. The average molecular weight is 239 g/mol. The quantitative estimate of drug-likeness (QED) is 0.832. The minimum Gasteiger partial charge on any atom is -0.383 e. The van der Waals surface area contributed by atoms with E-state index in [1.165, 1.54) is 12.4 Å². The van der Waals surface area contributed by atoms with Crippen LogP contribution in [-0.4, -0.2) is 9.97 Å². The van der Waals surface area contributed by atoms with Gasteiger partial charge in [0.1, 0.15) is 5.82 Å². The van der Waals surface area contributed by atoms with E-state index < -0.39 is 11.7 Å². The summed E-state index contributed by atoms with van der Waals surface area (Å²) in [4.78, 5) is 7.35. The number of nitrogen functional groups attached to an aromatic ring is 1. The van der Waals surface area contributed by atoms with Gasteiger partial charge in [0.05, 0.1) is 5.56 Å². The molecule has 0 radical (unpaired) electrons. The van der Waals surface area contributed by atoms with Gasteiger partial charge in [-0.05, 0) is 23.8 Å². The van der Waals surface area contributed by atoms with Crippen molar-refractivity contribution >= 4 is 5.82 Å². The molecule has 0 bridgehead atoms. The number of nitrogens with zero attached hydrogens (tertiary/aromatic N) is 2. The number of anilines is 1. The molecule has 0 saturated carbocycles. The van der Waals surface area contributed by atoms with Gasteiger partial charge in [0, 0.05) is 24.2 Å². The van der Waals surface area contributed by atoms with Gasteiger partial charge in [-0.25, -0.2) is 4.98 Å². The first-order valence-corrected chi connectivity index (χ1v) is 4.71. The zero-order valence-corrected chi connectivity index (χ0v) is 8.57. The Kier molecular flexibility index (Phi) is 2.71. The van der Waals surface area contributed by atoms with Gasteiger partial charge in [-0.2, -0.15) is 13.2 Å². The maximum Gasteiger partial charge on any atom is 0.417 e. The number of rotatable bonds is 1. The molecule has 0 atom stereocenters. The Balaban J connectivity index is 2.55. The maximum atomic E-state index is 12.5. The highest BCUT2D eigenvalue weighted by Crippen LogP contribution is 2.33. The van der Waals surface area contributed by atoms with Crippen LogP contribution in [0.2, 0.25) is 0 Å². The maximum absolute atomic E-state index is 12.5. The van der Waals surface area contributed by atoms with E-state index in [9.17, 15) is 13.2 Å². The van der Waals surface area contributed by atoms with E-state index in [2.05, 4.69) is 9.97 Å². The van der Waals surface area contributed by atoms with Crippen molar-refractivity contribution in [3.63, 3.8) is 0 Å². The first-order chi connectivity index (χ1) is 7.98. The fourth-order valence-corrected chi connectivity index (χ4v) is 1.39. The Morgan fingerprint density at radius 2 is 1.76 bits per heavy atom. The van der Waals surface area contributed by atoms with Gasteiger partial charge < -0.3 is 5.73 Å². The molecule has 0 fully saturated rings. The van der Waals surface area contributed by atoms with Gasteiger partial charge in [-0.1, -0.05) is 0 Å². The molecule has 0 spiro atoms. The van der Waals surface area contributed by atoms with Crippen LogP contribution in [0.5, 0.6) is 0 Å². The summed E-state index contributed by atoms with van der Waals surface area (Å²) < 4.78 is 37.6. The summed E-state index contributed by atoms with van der Waals surface area (Å²) in [6.07, 6.45) is -0.743. The Morgan fingerprint density at radius 3 is 2.35 bits per heavy atom. The smallest absolute Gasteiger partial charge is 0.383 e. The number of hydrogen-bond acceptors (Lipinski definition) is 3. The van der Waals surface area contributed by atoms with E-state index in [-0.39, 0.29) is 11.4 Å². The fraction of sp³-hybridized carbons (Fsp3) is 0.0909. The molecule has 0 amide bonds. The molecule has 0 aliphatic carbocycles. The topological polar surface area (TPSA) is 51.8 Å². The molecule has 2 rings (SSSR count). The minimum absolute atomic E-state index is 0.0594. The van der Waals surface area contributed by atoms with Crippen LogP contribution < -0.4 is 5.73 Å². The van der Waals surface area contributed by atoms with Crippen LogP contribution in [0.3, 0.4) is 0 Å². The van der Waals surface area contributed by atoms with Gasteiger partial charge in [0.2, 0.25) is 0 Å². The second-order valence-electron chi connectivity index (χ2n) is 3.39. The van der Waals surface area contributed by atoms with Crippen molar-refractivity contribution in [2.45, 2.75) is 6.18 Å². The normalized spacial score (nSPS) is 11.5. The monoisotopic (exact) mass is 239 g/mol. The van der Waals surface area contributed by atoms with E-state index in [1.807, 2.05) is 0 Å². The number of pyridine rings is 2. The molecule has 2 heterocycles. The zero-order chi connectivity index (χ0) is 12.5. The first-order valence-electron chi connectivity index (χ1n) is 4.71. The second kappa shape index (κ2) is 4.04. The lowest BCUT2D eigenvalue weighted by Gasteiger charge is -2.10. The van der Waals surface area contributed by atoms with Gasteiger partial charge >= 0.3 is 6.18 Å². The van der Waals surface area contributed by atoms with E-state index >= 15 is 0 Å². The Hall–Kier alpha value is -2.11. The number of halogens is 3. The average Bonchev–Trinajstić information content (AvgIpc) is 2.29. The van der Waals surface area contributed by atoms with Crippen LogP contribution in [0.4, 0.5) is 19.0 Å². The van der Waals surface area contributed by atoms with Crippen LogP contribution in [-0.2, 0) is 6.18 Å². The molecule has 17 heavy (non-hydrogen) atoms. The Morgan fingerprint density at radius 1 is 1.12 bits per heavy atom. The fourth-order valence-electron chi connectivity index (χ4n) is 1.39. The largest absolute Gasteiger partial charge is 0.417 e. The van der Waals surface area contributed by atoms with Crippen molar-refractivity contribution in [1.29, 1.82) is 0 Å². The van der Waals surface area contributed by atoms with E-state index in [0.29, 0.717) is 5.56 Å². The highest BCUT2D eigenvalue weighted by Gasteiger charge is 2.31. The SMILES string of the molecule is Nc1ncc(C(F)(F)F)cc1-c1ccncc1.